The molecule has 0 saturated carbocycles. The van der Waals surface area contributed by atoms with Crippen LogP contribution in [-0.2, 0) is 9.63 Å². The van der Waals surface area contributed by atoms with Crippen LogP contribution in [0.25, 0.3) is 0 Å². The highest BCUT2D eigenvalue weighted by Crippen LogP contribution is 2.21. The highest BCUT2D eigenvalue weighted by Gasteiger charge is 2.25. The molecule has 0 aromatic heterocycles. The van der Waals surface area contributed by atoms with E-state index in [4.69, 9.17) is 9.57 Å². The number of phenolic OH excluding ortho intramolecular Hbond substituents is 1. The molecule has 0 spiro atoms. The molecule has 22 heavy (non-hydrogen) atoms. The fraction of sp³-hybridized carbons (Fsp3) is 0.176. The highest BCUT2D eigenvalue weighted by atomic mass is 16.6. The Bertz CT molecular complexity index is 680. The van der Waals surface area contributed by atoms with Gasteiger partial charge in [0.05, 0.1) is 12.1 Å². The summed E-state index contributed by atoms with van der Waals surface area (Å²) >= 11 is 0. The molecule has 1 aliphatic heterocycles. The summed E-state index contributed by atoms with van der Waals surface area (Å²) in [7, 11) is 0. The van der Waals surface area contributed by atoms with Crippen molar-refractivity contribution >= 4 is 11.7 Å². The number of nitrogens with zero attached hydrogens (tertiary/aromatic N) is 1. The number of rotatable bonds is 4. The van der Waals surface area contributed by atoms with Crippen LogP contribution in [-0.4, -0.2) is 22.9 Å². The molecule has 1 heterocycles. The number of esters is 1. The fourth-order valence-electron chi connectivity index (χ4n) is 2.21. The third-order valence-electron chi connectivity index (χ3n) is 3.30. The number of benzene rings is 2. The summed E-state index contributed by atoms with van der Waals surface area (Å²) in [5, 5.41) is 13.3. The topological polar surface area (TPSA) is 68.1 Å². The van der Waals surface area contributed by atoms with Gasteiger partial charge in [0.15, 0.2) is 0 Å². The van der Waals surface area contributed by atoms with E-state index < -0.39 is 0 Å². The van der Waals surface area contributed by atoms with Gasteiger partial charge in [-0.05, 0) is 42.0 Å². The first kappa shape index (κ1) is 14.1. The third-order valence-corrected chi connectivity index (χ3v) is 3.30. The van der Waals surface area contributed by atoms with Crippen molar-refractivity contribution in [3.63, 3.8) is 0 Å². The van der Waals surface area contributed by atoms with Crippen LogP contribution < -0.4 is 4.74 Å². The quantitative estimate of drug-likeness (QED) is 0.696. The Morgan fingerprint density at radius 2 is 1.91 bits per heavy atom. The number of hydrogen-bond acceptors (Lipinski definition) is 5. The number of ether oxygens (including phenoxy) is 1. The van der Waals surface area contributed by atoms with Crippen LogP contribution in [0, 0.1) is 0 Å². The van der Waals surface area contributed by atoms with Gasteiger partial charge in [0, 0.05) is 6.42 Å². The normalized spacial score (nSPS) is 16.7. The molecule has 1 N–H and O–H groups in total. The zero-order valence-corrected chi connectivity index (χ0v) is 11.8. The maximum absolute atomic E-state index is 11.9. The van der Waals surface area contributed by atoms with E-state index in [9.17, 15) is 9.90 Å². The first-order valence-corrected chi connectivity index (χ1v) is 6.98. The molecule has 0 amide bonds. The number of hydrogen-bond donors (Lipinski definition) is 1. The minimum atomic E-state index is -0.349. The van der Waals surface area contributed by atoms with Crippen molar-refractivity contribution in [2.45, 2.75) is 18.9 Å². The van der Waals surface area contributed by atoms with Crippen molar-refractivity contribution in [3.05, 3.63) is 60.2 Å². The molecule has 2 aromatic carbocycles. The van der Waals surface area contributed by atoms with Crippen molar-refractivity contribution in [1.29, 1.82) is 0 Å². The minimum absolute atomic E-state index is 0.139. The summed E-state index contributed by atoms with van der Waals surface area (Å²) in [5.41, 5.74) is 1.63. The van der Waals surface area contributed by atoms with E-state index in [1.54, 1.807) is 48.5 Å². The second kappa shape index (κ2) is 6.30. The Morgan fingerprint density at radius 3 is 2.64 bits per heavy atom. The lowest BCUT2D eigenvalue weighted by Crippen LogP contribution is -2.18. The molecular weight excluding hydrogens is 282 g/mol. The van der Waals surface area contributed by atoms with E-state index >= 15 is 0 Å². The SMILES string of the molecule is O=C(CC1CC(c2ccc(O)cc2)=NO1)Oc1ccccc1. The molecule has 5 heteroatoms. The fourth-order valence-corrected chi connectivity index (χ4v) is 2.21. The van der Waals surface area contributed by atoms with Crippen molar-refractivity contribution < 1.29 is 19.5 Å². The number of oxime groups is 1. The average molecular weight is 297 g/mol. The molecule has 0 saturated heterocycles. The van der Waals surface area contributed by atoms with Crippen molar-refractivity contribution in [3.8, 4) is 11.5 Å². The molecule has 1 unspecified atom stereocenters. The van der Waals surface area contributed by atoms with E-state index in [-0.39, 0.29) is 24.2 Å². The lowest BCUT2D eigenvalue weighted by atomic mass is 10.0. The number of para-hydroxylation sites is 1. The van der Waals surface area contributed by atoms with Crippen LogP contribution in [0.5, 0.6) is 11.5 Å². The smallest absolute Gasteiger partial charge is 0.315 e. The summed E-state index contributed by atoms with van der Waals surface area (Å²) in [6.45, 7) is 0. The molecule has 5 nitrogen and oxygen atoms in total. The Hall–Kier alpha value is -2.82. The largest absolute Gasteiger partial charge is 0.508 e. The minimum Gasteiger partial charge on any atom is -0.508 e. The summed E-state index contributed by atoms with van der Waals surface area (Å²) in [4.78, 5) is 17.2. The predicted molar refractivity (Wildman–Crippen MR) is 80.8 cm³/mol. The Labute approximate surface area is 127 Å². The summed E-state index contributed by atoms with van der Waals surface area (Å²) < 4.78 is 5.23. The first-order valence-electron chi connectivity index (χ1n) is 6.98. The van der Waals surface area contributed by atoms with Gasteiger partial charge in [-0.15, -0.1) is 0 Å². The molecule has 0 radical (unpaired) electrons. The predicted octanol–water partition coefficient (Wildman–Crippen LogP) is 2.88. The van der Waals surface area contributed by atoms with Gasteiger partial charge >= 0.3 is 5.97 Å². The van der Waals surface area contributed by atoms with E-state index in [0.29, 0.717) is 12.2 Å². The second-order valence-corrected chi connectivity index (χ2v) is 5.01. The molecule has 1 atom stereocenters. The van der Waals surface area contributed by atoms with Gasteiger partial charge in [0.25, 0.3) is 0 Å². The van der Waals surface area contributed by atoms with Crippen LogP contribution in [0.1, 0.15) is 18.4 Å². The van der Waals surface area contributed by atoms with E-state index in [2.05, 4.69) is 5.16 Å². The van der Waals surface area contributed by atoms with Gasteiger partial charge in [0.1, 0.15) is 17.6 Å². The molecular formula is C17H15NO4. The Balaban J connectivity index is 1.54. The first-order chi connectivity index (χ1) is 10.7. The summed E-state index contributed by atoms with van der Waals surface area (Å²) in [5.74, 6) is 0.370. The molecule has 1 aliphatic rings. The number of carbonyl (C=O) groups is 1. The van der Waals surface area contributed by atoms with Crippen LogP contribution in [0.2, 0.25) is 0 Å². The van der Waals surface area contributed by atoms with Gasteiger partial charge in [-0.2, -0.15) is 0 Å². The number of aromatic hydroxyl groups is 1. The van der Waals surface area contributed by atoms with Gasteiger partial charge in [-0.3, -0.25) is 4.79 Å². The molecule has 112 valence electrons. The van der Waals surface area contributed by atoms with Crippen LogP contribution in [0.15, 0.2) is 59.8 Å². The maximum atomic E-state index is 11.9. The molecule has 2 aromatic rings. The lowest BCUT2D eigenvalue weighted by Gasteiger charge is -2.08. The van der Waals surface area contributed by atoms with Gasteiger partial charge in [0.2, 0.25) is 0 Å². The van der Waals surface area contributed by atoms with Crippen molar-refractivity contribution in [1.82, 2.24) is 0 Å². The van der Waals surface area contributed by atoms with Gasteiger partial charge in [-0.1, -0.05) is 23.4 Å². The second-order valence-electron chi connectivity index (χ2n) is 5.01. The van der Waals surface area contributed by atoms with Gasteiger partial charge < -0.3 is 14.7 Å². The monoisotopic (exact) mass is 297 g/mol. The zero-order valence-electron chi connectivity index (χ0n) is 11.8. The Kier molecular flexibility index (Phi) is 4.05. The van der Waals surface area contributed by atoms with Gasteiger partial charge in [-0.25, -0.2) is 0 Å². The standard InChI is InChI=1S/C17H15NO4/c19-13-8-6-12(7-9-13)16-10-15(22-18-16)11-17(20)21-14-4-2-1-3-5-14/h1-9,15,19H,10-11H2. The molecule has 3 rings (SSSR count). The lowest BCUT2D eigenvalue weighted by molar-refractivity contribution is -0.137. The van der Waals surface area contributed by atoms with Crippen molar-refractivity contribution in [2.75, 3.05) is 0 Å². The third kappa shape index (κ3) is 3.44. The summed E-state index contributed by atoms with van der Waals surface area (Å²) in [6, 6.07) is 15.6. The van der Waals surface area contributed by atoms with Crippen molar-refractivity contribution in [2.24, 2.45) is 5.16 Å². The van der Waals surface area contributed by atoms with Crippen LogP contribution in [0.4, 0.5) is 0 Å². The Morgan fingerprint density at radius 1 is 1.18 bits per heavy atom. The van der Waals surface area contributed by atoms with E-state index in [0.717, 1.165) is 11.3 Å². The highest BCUT2D eigenvalue weighted by molar-refractivity contribution is 6.01. The molecule has 0 bridgehead atoms. The number of phenols is 1. The molecule has 0 fully saturated rings. The zero-order chi connectivity index (χ0) is 15.4. The van der Waals surface area contributed by atoms with Crippen LogP contribution >= 0.6 is 0 Å². The maximum Gasteiger partial charge on any atom is 0.315 e. The molecule has 0 aliphatic carbocycles. The van der Waals surface area contributed by atoms with E-state index in [1.165, 1.54) is 0 Å². The average Bonchev–Trinajstić information content (AvgIpc) is 2.97. The van der Waals surface area contributed by atoms with Crippen LogP contribution in [0.3, 0.4) is 0 Å². The summed E-state index contributed by atoms with van der Waals surface area (Å²) in [6.07, 6.45) is 0.356. The van der Waals surface area contributed by atoms with E-state index in [1.807, 2.05) is 6.07 Å². The number of carbonyl (C=O) groups excluding carboxylic acids is 1.